The van der Waals surface area contributed by atoms with Crippen LogP contribution in [0.4, 0.5) is 4.39 Å². The van der Waals surface area contributed by atoms with E-state index < -0.39 is 10.0 Å². The molecule has 0 saturated carbocycles. The summed E-state index contributed by atoms with van der Waals surface area (Å²) in [7, 11) is -3.63. The van der Waals surface area contributed by atoms with Crippen molar-refractivity contribution in [3.05, 3.63) is 65.5 Å². The third kappa shape index (κ3) is 4.97. The predicted molar refractivity (Wildman–Crippen MR) is 106 cm³/mol. The fourth-order valence-corrected chi connectivity index (χ4v) is 5.12. The lowest BCUT2D eigenvalue weighted by atomic mass is 10.0. The number of hydrogen-bond acceptors (Lipinski definition) is 3. The van der Waals surface area contributed by atoms with Crippen LogP contribution in [0.1, 0.15) is 36.8 Å². The molecule has 0 radical (unpaired) electrons. The molecule has 0 unspecified atom stereocenters. The minimum absolute atomic E-state index is 0.117. The lowest BCUT2D eigenvalue weighted by molar-refractivity contribution is -0.122. The number of nitrogens with zero attached hydrogens (tertiary/aromatic N) is 1. The second-order valence-corrected chi connectivity index (χ2v) is 9.08. The van der Waals surface area contributed by atoms with Crippen LogP contribution < -0.4 is 5.32 Å². The van der Waals surface area contributed by atoms with Crippen LogP contribution in [-0.2, 0) is 21.4 Å². The maximum Gasteiger partial charge on any atom is 0.243 e. The van der Waals surface area contributed by atoms with Gasteiger partial charge in [-0.3, -0.25) is 4.79 Å². The van der Waals surface area contributed by atoms with E-state index in [1.165, 1.54) is 16.4 Å². The van der Waals surface area contributed by atoms with E-state index in [0.29, 0.717) is 13.0 Å². The van der Waals surface area contributed by atoms with Crippen LogP contribution >= 0.6 is 0 Å². The normalized spacial score (nSPS) is 18.0. The third-order valence-electron chi connectivity index (χ3n) is 5.02. The molecule has 1 atom stereocenters. The van der Waals surface area contributed by atoms with E-state index in [1.807, 2.05) is 6.92 Å². The Morgan fingerprint density at radius 1 is 1.11 bits per heavy atom. The topological polar surface area (TPSA) is 66.5 Å². The van der Waals surface area contributed by atoms with Crippen molar-refractivity contribution < 1.29 is 17.6 Å². The number of halogens is 1. The minimum Gasteiger partial charge on any atom is -0.352 e. The number of benzene rings is 2. The van der Waals surface area contributed by atoms with Gasteiger partial charge < -0.3 is 5.32 Å². The largest absolute Gasteiger partial charge is 0.352 e. The summed E-state index contributed by atoms with van der Waals surface area (Å²) in [4.78, 5) is 12.7. The van der Waals surface area contributed by atoms with Crippen LogP contribution in [-0.4, -0.2) is 31.2 Å². The molecule has 1 aliphatic heterocycles. The summed E-state index contributed by atoms with van der Waals surface area (Å²) in [6.45, 7) is 2.62. The molecule has 1 aliphatic rings. The van der Waals surface area contributed by atoms with Gasteiger partial charge in [-0.2, -0.15) is 4.31 Å². The molecule has 1 heterocycles. The molecule has 1 fully saturated rings. The molecule has 7 heteroatoms. The minimum atomic E-state index is -3.63. The monoisotopic (exact) mass is 404 g/mol. The Bertz CT molecular complexity index is 912. The van der Waals surface area contributed by atoms with Crippen molar-refractivity contribution in [1.29, 1.82) is 0 Å². The van der Waals surface area contributed by atoms with E-state index in [4.69, 9.17) is 0 Å². The lowest BCUT2D eigenvalue weighted by Crippen LogP contribution is -2.45. The van der Waals surface area contributed by atoms with E-state index in [2.05, 4.69) is 5.32 Å². The summed E-state index contributed by atoms with van der Waals surface area (Å²) in [5.74, 6) is -0.533. The van der Waals surface area contributed by atoms with Gasteiger partial charge >= 0.3 is 0 Å². The first-order valence-corrected chi connectivity index (χ1v) is 10.9. The van der Waals surface area contributed by atoms with Crippen molar-refractivity contribution in [3.63, 3.8) is 0 Å². The molecule has 0 aliphatic carbocycles. The quantitative estimate of drug-likeness (QED) is 0.803. The van der Waals surface area contributed by atoms with Crippen molar-refractivity contribution in [3.8, 4) is 0 Å². The van der Waals surface area contributed by atoms with E-state index in [9.17, 15) is 17.6 Å². The highest BCUT2D eigenvalue weighted by Crippen LogP contribution is 2.27. The summed E-state index contributed by atoms with van der Waals surface area (Å²) in [6.07, 6.45) is 2.47. The van der Waals surface area contributed by atoms with E-state index >= 15 is 0 Å². The molecule has 28 heavy (non-hydrogen) atoms. The molecule has 0 aromatic heterocycles. The van der Waals surface area contributed by atoms with E-state index in [1.54, 1.807) is 36.4 Å². The summed E-state index contributed by atoms with van der Waals surface area (Å²) < 4.78 is 40.6. The zero-order chi connectivity index (χ0) is 20.1. The molecular weight excluding hydrogens is 379 g/mol. The average Bonchev–Trinajstić information content (AvgIpc) is 2.68. The van der Waals surface area contributed by atoms with E-state index in [0.717, 1.165) is 24.0 Å². The van der Waals surface area contributed by atoms with Crippen LogP contribution in [0, 0.1) is 12.7 Å². The maximum absolute atomic E-state index is 13.1. The zero-order valence-corrected chi connectivity index (χ0v) is 16.7. The number of piperidine rings is 1. The Balaban J connectivity index is 1.66. The second kappa shape index (κ2) is 8.84. The Labute approximate surface area is 165 Å². The number of sulfonamides is 1. The van der Waals surface area contributed by atoms with Gasteiger partial charge in [-0.05, 0) is 49.6 Å². The Morgan fingerprint density at radius 2 is 1.79 bits per heavy atom. The standard InChI is InChI=1S/C21H25FN2O3S/c1-16-5-11-20(12-6-16)28(26,27)24-13-3-2-4-19(24)14-21(25)23-15-17-7-9-18(22)10-8-17/h5-12,19H,2-4,13-15H2,1H3,(H,23,25)/t19-/m0/s1. The molecule has 0 spiro atoms. The van der Waals surface area contributed by atoms with Crippen molar-refractivity contribution in [1.82, 2.24) is 9.62 Å². The number of carbonyl (C=O) groups is 1. The fourth-order valence-electron chi connectivity index (χ4n) is 3.43. The van der Waals surface area contributed by atoms with Crippen LogP contribution in [0.25, 0.3) is 0 Å². The van der Waals surface area contributed by atoms with Crippen molar-refractivity contribution in [2.24, 2.45) is 0 Å². The van der Waals surface area contributed by atoms with Crippen molar-refractivity contribution in [2.75, 3.05) is 6.54 Å². The lowest BCUT2D eigenvalue weighted by Gasteiger charge is -2.34. The van der Waals surface area contributed by atoms with Gasteiger partial charge in [0, 0.05) is 25.6 Å². The highest BCUT2D eigenvalue weighted by atomic mass is 32.2. The second-order valence-electron chi connectivity index (χ2n) is 7.19. The molecule has 1 N–H and O–H groups in total. The number of rotatable bonds is 6. The van der Waals surface area contributed by atoms with Crippen molar-refractivity contribution in [2.45, 2.75) is 50.1 Å². The third-order valence-corrected chi connectivity index (χ3v) is 6.99. The Kier molecular flexibility index (Phi) is 6.46. The Hall–Kier alpha value is -2.25. The summed E-state index contributed by atoms with van der Waals surface area (Å²) >= 11 is 0. The van der Waals surface area contributed by atoms with Gasteiger partial charge in [-0.1, -0.05) is 36.2 Å². The molecule has 3 rings (SSSR count). The maximum atomic E-state index is 13.1. The molecule has 5 nitrogen and oxygen atoms in total. The molecule has 1 saturated heterocycles. The average molecular weight is 405 g/mol. The molecular formula is C21H25FN2O3S. The smallest absolute Gasteiger partial charge is 0.243 e. The fraction of sp³-hybridized carbons (Fsp3) is 0.381. The number of amides is 1. The highest BCUT2D eigenvalue weighted by molar-refractivity contribution is 7.89. The van der Waals surface area contributed by atoms with Crippen LogP contribution in [0.5, 0.6) is 0 Å². The zero-order valence-electron chi connectivity index (χ0n) is 15.9. The molecule has 0 bridgehead atoms. The van der Waals surface area contributed by atoms with Gasteiger partial charge in [-0.25, -0.2) is 12.8 Å². The van der Waals surface area contributed by atoms with Crippen LogP contribution in [0.3, 0.4) is 0 Å². The van der Waals surface area contributed by atoms with Gasteiger partial charge in [0.1, 0.15) is 5.82 Å². The molecule has 150 valence electrons. The van der Waals surface area contributed by atoms with Gasteiger partial charge in [0.2, 0.25) is 15.9 Å². The number of carbonyl (C=O) groups excluding carboxylic acids is 1. The number of hydrogen-bond donors (Lipinski definition) is 1. The first-order chi connectivity index (χ1) is 13.4. The molecule has 2 aromatic carbocycles. The summed E-state index contributed by atoms with van der Waals surface area (Å²) in [5.41, 5.74) is 1.79. The summed E-state index contributed by atoms with van der Waals surface area (Å²) in [5, 5.41) is 2.80. The van der Waals surface area contributed by atoms with Crippen molar-refractivity contribution >= 4 is 15.9 Å². The number of aryl methyl sites for hydroxylation is 1. The predicted octanol–water partition coefficient (Wildman–Crippen LogP) is 3.38. The van der Waals surface area contributed by atoms with Gasteiger partial charge in [-0.15, -0.1) is 0 Å². The Morgan fingerprint density at radius 3 is 2.46 bits per heavy atom. The van der Waals surface area contributed by atoms with Gasteiger partial charge in [0.05, 0.1) is 4.90 Å². The summed E-state index contributed by atoms with van der Waals surface area (Å²) in [6, 6.07) is 12.4. The number of nitrogens with one attached hydrogen (secondary N) is 1. The first kappa shape index (κ1) is 20.5. The highest BCUT2D eigenvalue weighted by Gasteiger charge is 2.34. The SMILES string of the molecule is Cc1ccc(S(=O)(=O)N2CCCC[C@H]2CC(=O)NCc2ccc(F)cc2)cc1. The van der Waals surface area contributed by atoms with E-state index in [-0.39, 0.29) is 35.6 Å². The molecule has 1 amide bonds. The van der Waals surface area contributed by atoms with Crippen LogP contribution in [0.2, 0.25) is 0 Å². The van der Waals surface area contributed by atoms with Gasteiger partial charge in [0.25, 0.3) is 0 Å². The van der Waals surface area contributed by atoms with Gasteiger partial charge in [0.15, 0.2) is 0 Å². The first-order valence-electron chi connectivity index (χ1n) is 9.46. The molecule has 2 aromatic rings. The van der Waals surface area contributed by atoms with Crippen LogP contribution in [0.15, 0.2) is 53.4 Å².